The van der Waals surface area contributed by atoms with Crippen LogP contribution >= 0.6 is 11.3 Å². The minimum Gasteiger partial charge on any atom is -0.396 e. The predicted molar refractivity (Wildman–Crippen MR) is 137 cm³/mol. The molecule has 10 nitrogen and oxygen atoms in total. The van der Waals surface area contributed by atoms with Crippen molar-refractivity contribution in [3.8, 4) is 10.6 Å². The van der Waals surface area contributed by atoms with Crippen LogP contribution in [0.1, 0.15) is 46.7 Å². The molecule has 0 spiro atoms. The van der Waals surface area contributed by atoms with E-state index in [4.69, 9.17) is 24.4 Å². The Morgan fingerprint density at radius 1 is 1.19 bits per heavy atom. The van der Waals surface area contributed by atoms with Crippen molar-refractivity contribution in [2.75, 3.05) is 23.8 Å². The van der Waals surface area contributed by atoms with Crippen LogP contribution in [0.5, 0.6) is 0 Å². The van der Waals surface area contributed by atoms with Crippen LogP contribution in [0.2, 0.25) is 0 Å². The number of ether oxygens (including phenoxy) is 2. The molecule has 2 fully saturated rings. The zero-order valence-electron chi connectivity index (χ0n) is 21.6. The number of pyridine rings is 1. The average molecular weight is 516 g/mol. The number of nitrogens with zero attached hydrogens (tertiary/aromatic N) is 4. The van der Waals surface area contributed by atoms with Gasteiger partial charge in [0.05, 0.1) is 28.1 Å². The molecule has 0 unspecified atom stereocenters. The van der Waals surface area contributed by atoms with Crippen molar-refractivity contribution in [3.63, 3.8) is 0 Å². The van der Waals surface area contributed by atoms with Crippen LogP contribution in [0.4, 0.5) is 11.8 Å². The van der Waals surface area contributed by atoms with E-state index in [1.807, 2.05) is 26.8 Å². The van der Waals surface area contributed by atoms with Gasteiger partial charge in [0.25, 0.3) is 0 Å². The summed E-state index contributed by atoms with van der Waals surface area (Å²) < 4.78 is 14.3. The van der Waals surface area contributed by atoms with Crippen LogP contribution in [-0.2, 0) is 9.47 Å². The highest BCUT2D eigenvalue weighted by molar-refractivity contribution is 7.21. The zero-order chi connectivity index (χ0) is 25.8. The zero-order valence-corrected chi connectivity index (χ0v) is 22.4. The summed E-state index contributed by atoms with van der Waals surface area (Å²) in [5.41, 5.74) is 2.35. The van der Waals surface area contributed by atoms with Gasteiger partial charge >= 0.3 is 0 Å². The molecule has 36 heavy (non-hydrogen) atoms. The number of hydrogen-bond acceptors (Lipinski definition) is 10. The molecule has 11 heteroatoms. The van der Waals surface area contributed by atoms with Crippen molar-refractivity contribution in [2.45, 2.75) is 72.0 Å². The van der Waals surface area contributed by atoms with Gasteiger partial charge in [-0.15, -0.1) is 11.3 Å². The van der Waals surface area contributed by atoms with Crippen LogP contribution in [0, 0.1) is 18.3 Å². The summed E-state index contributed by atoms with van der Waals surface area (Å²) in [4.78, 5) is 14.4. The van der Waals surface area contributed by atoms with Crippen LogP contribution in [-0.4, -0.2) is 62.5 Å². The van der Waals surface area contributed by atoms with E-state index in [1.165, 1.54) is 11.3 Å². The second kappa shape index (κ2) is 9.05. The van der Waals surface area contributed by atoms with Crippen molar-refractivity contribution >= 4 is 33.3 Å². The number of rotatable bonds is 6. The highest BCUT2D eigenvalue weighted by atomic mass is 32.1. The van der Waals surface area contributed by atoms with Crippen molar-refractivity contribution in [3.05, 3.63) is 24.2 Å². The molecule has 5 rings (SSSR count). The van der Waals surface area contributed by atoms with Gasteiger partial charge in [0.1, 0.15) is 16.9 Å². The summed E-state index contributed by atoms with van der Waals surface area (Å²) in [6.45, 7) is 13.0. The molecule has 0 amide bonds. The lowest BCUT2D eigenvalue weighted by molar-refractivity contribution is -0.904. The molecule has 0 aromatic carbocycles. The second-order valence-corrected chi connectivity index (χ2v) is 12.4. The van der Waals surface area contributed by atoms with E-state index in [1.54, 1.807) is 12.4 Å². The Bertz CT molecular complexity index is 1270. The number of nitrogens with one attached hydrogen (secondary N) is 2. The Morgan fingerprint density at radius 2 is 1.94 bits per heavy atom. The number of thiazole rings is 1. The Labute approximate surface area is 214 Å². The Kier molecular flexibility index (Phi) is 6.30. The third kappa shape index (κ3) is 4.97. The van der Waals surface area contributed by atoms with E-state index in [-0.39, 0.29) is 36.2 Å². The van der Waals surface area contributed by atoms with Gasteiger partial charge in [0, 0.05) is 29.9 Å². The Balaban J connectivity index is 1.54. The van der Waals surface area contributed by atoms with Gasteiger partial charge in [-0.05, 0) is 32.6 Å². The van der Waals surface area contributed by atoms with Gasteiger partial charge in [0.15, 0.2) is 11.3 Å². The topological polar surface area (TPSA) is 126 Å². The average Bonchev–Trinajstić information content (AvgIpc) is 3.42. The lowest BCUT2D eigenvalue weighted by Gasteiger charge is -2.25. The summed E-state index contributed by atoms with van der Waals surface area (Å²) in [6.07, 6.45) is 3.46. The minimum atomic E-state index is -0.709. The van der Waals surface area contributed by atoms with E-state index < -0.39 is 5.79 Å². The number of fused-ring (bicyclic) bond motifs is 2. The van der Waals surface area contributed by atoms with Crippen LogP contribution in [0.25, 0.3) is 20.8 Å². The molecular weight excluding hydrogens is 480 g/mol. The van der Waals surface area contributed by atoms with Gasteiger partial charge in [-0.3, -0.25) is 5.21 Å². The maximum Gasteiger partial charge on any atom is 0.249 e. The number of aryl methyl sites for hydroxylation is 1. The predicted octanol–water partition coefficient (Wildman–Crippen LogP) is 3.36. The number of aromatic nitrogens is 4. The van der Waals surface area contributed by atoms with Crippen molar-refractivity contribution < 1.29 is 24.5 Å². The van der Waals surface area contributed by atoms with Crippen molar-refractivity contribution in [1.29, 1.82) is 0 Å². The van der Waals surface area contributed by atoms with Gasteiger partial charge in [-0.2, -0.15) is 4.98 Å². The molecule has 4 atom stereocenters. The fourth-order valence-corrected chi connectivity index (χ4v) is 5.94. The molecule has 4 N–H and O–H groups in total. The first kappa shape index (κ1) is 25.1. The SMILES string of the molecule is Cc1nc(NCC(C)(C)C)nc(N[C@@H]2C[C@H](CO)[C@H]3OC(C)(C)O[C@H]32)c1-c1nc2c[n+](O)ccc2s1. The van der Waals surface area contributed by atoms with E-state index in [0.29, 0.717) is 30.2 Å². The third-order valence-electron chi connectivity index (χ3n) is 6.53. The normalized spacial score (nSPS) is 25.3. The summed E-state index contributed by atoms with van der Waals surface area (Å²) in [5.74, 6) is 0.465. The summed E-state index contributed by atoms with van der Waals surface area (Å²) in [5, 5.41) is 27.6. The number of aliphatic hydroxyl groups is 1. The molecule has 4 heterocycles. The van der Waals surface area contributed by atoms with E-state index in [0.717, 1.165) is 25.7 Å². The Hall–Kier alpha value is -2.60. The molecule has 1 saturated carbocycles. The van der Waals surface area contributed by atoms with Crippen molar-refractivity contribution in [1.82, 2.24) is 15.0 Å². The standard InChI is InChI=1S/C25H35N6O4S/c1-13-18(22-29-16-10-31(33)8-7-17(16)36-22)21(30-23(27-13)26-12-24(2,3)4)28-15-9-14(11-32)19-20(15)35-25(5,6)34-19/h7-8,10,14-15,19-20,32-33H,9,11-12H2,1-6H3,(H2,26,27,28,30)/q+1/t14-,15-,19-,20+/m1/s1. The minimum absolute atomic E-state index is 0.0263. The highest BCUT2D eigenvalue weighted by Gasteiger charge is 2.54. The Morgan fingerprint density at radius 3 is 2.67 bits per heavy atom. The largest absolute Gasteiger partial charge is 0.396 e. The maximum absolute atomic E-state index is 10.0. The molecule has 0 bridgehead atoms. The first-order valence-electron chi connectivity index (χ1n) is 12.3. The fourth-order valence-electron chi connectivity index (χ4n) is 4.91. The second-order valence-electron chi connectivity index (χ2n) is 11.4. The van der Waals surface area contributed by atoms with E-state index in [2.05, 4.69) is 31.4 Å². The molecule has 2 aliphatic rings. The first-order chi connectivity index (χ1) is 16.9. The molecule has 1 aliphatic carbocycles. The molecule has 1 aliphatic heterocycles. The molecular formula is C25H35N6O4S+. The third-order valence-corrected chi connectivity index (χ3v) is 7.59. The van der Waals surface area contributed by atoms with Crippen LogP contribution < -0.4 is 15.4 Å². The summed E-state index contributed by atoms with van der Waals surface area (Å²) >= 11 is 1.52. The van der Waals surface area contributed by atoms with Crippen LogP contribution in [0.3, 0.4) is 0 Å². The smallest absolute Gasteiger partial charge is 0.249 e. The van der Waals surface area contributed by atoms with Gasteiger partial charge in [-0.1, -0.05) is 20.8 Å². The monoisotopic (exact) mass is 515 g/mol. The van der Waals surface area contributed by atoms with E-state index in [9.17, 15) is 10.3 Å². The fraction of sp³-hybridized carbons (Fsp3) is 0.600. The number of aliphatic hydroxyl groups excluding tert-OH is 1. The molecule has 194 valence electrons. The van der Waals surface area contributed by atoms with E-state index >= 15 is 0 Å². The lowest BCUT2D eigenvalue weighted by atomic mass is 9.97. The summed E-state index contributed by atoms with van der Waals surface area (Å²) in [7, 11) is 0. The molecule has 1 saturated heterocycles. The number of anilines is 2. The molecule has 3 aromatic heterocycles. The lowest BCUT2D eigenvalue weighted by Crippen LogP contribution is -2.35. The van der Waals surface area contributed by atoms with Gasteiger partial charge in [0.2, 0.25) is 18.3 Å². The quantitative estimate of drug-likeness (QED) is 0.289. The van der Waals surface area contributed by atoms with Crippen molar-refractivity contribution in [2.24, 2.45) is 11.3 Å². The highest BCUT2D eigenvalue weighted by Crippen LogP contribution is 2.44. The number of hydrogen-bond donors (Lipinski definition) is 4. The molecule has 0 radical (unpaired) electrons. The first-order valence-corrected chi connectivity index (χ1v) is 13.1. The van der Waals surface area contributed by atoms with Gasteiger partial charge < -0.3 is 25.2 Å². The maximum atomic E-state index is 10.0. The van der Waals surface area contributed by atoms with Crippen LogP contribution in [0.15, 0.2) is 18.5 Å². The summed E-state index contributed by atoms with van der Waals surface area (Å²) in [6, 6.07) is 1.73. The molecule has 3 aromatic rings. The van der Waals surface area contributed by atoms with Gasteiger partial charge in [-0.25, -0.2) is 9.97 Å².